The number of alkyl carbamates (subject to hydrolysis) is 1. The van der Waals surface area contributed by atoms with Crippen molar-refractivity contribution < 1.29 is 19.1 Å². The molecule has 0 heterocycles. The highest BCUT2D eigenvalue weighted by atomic mass is 35.5. The maximum atomic E-state index is 11.8. The van der Waals surface area contributed by atoms with E-state index in [-0.39, 0.29) is 37.9 Å². The van der Waals surface area contributed by atoms with Crippen molar-refractivity contribution in [2.45, 2.75) is 32.8 Å². The number of amides is 3. The van der Waals surface area contributed by atoms with Crippen LogP contribution < -0.4 is 16.0 Å². The van der Waals surface area contributed by atoms with Crippen molar-refractivity contribution in [3.63, 3.8) is 0 Å². The lowest BCUT2D eigenvalue weighted by Crippen LogP contribution is -2.42. The molecular formula is C17H24ClN3O4. The monoisotopic (exact) mass is 369 g/mol. The molecule has 0 fully saturated rings. The lowest BCUT2D eigenvalue weighted by Gasteiger charge is -2.19. The highest BCUT2D eigenvalue weighted by molar-refractivity contribution is 6.30. The van der Waals surface area contributed by atoms with E-state index in [1.165, 1.54) is 0 Å². The summed E-state index contributed by atoms with van der Waals surface area (Å²) < 4.78 is 5.01. The Morgan fingerprint density at radius 2 is 1.68 bits per heavy atom. The lowest BCUT2D eigenvalue weighted by atomic mass is 10.1. The smallest absolute Gasteiger partial charge is 0.408 e. The summed E-state index contributed by atoms with van der Waals surface area (Å²) in [5.74, 6) is -0.529. The van der Waals surface area contributed by atoms with E-state index in [0.717, 1.165) is 5.56 Å². The van der Waals surface area contributed by atoms with Crippen LogP contribution in [0.1, 0.15) is 26.3 Å². The molecule has 25 heavy (non-hydrogen) atoms. The molecule has 0 spiro atoms. The molecule has 3 N–H and O–H groups in total. The number of carbonyl (C=O) groups is 3. The number of halogens is 1. The van der Waals surface area contributed by atoms with Gasteiger partial charge in [-0.1, -0.05) is 23.7 Å². The van der Waals surface area contributed by atoms with Crippen LogP contribution in [0.5, 0.6) is 0 Å². The fourth-order valence-corrected chi connectivity index (χ4v) is 2.04. The van der Waals surface area contributed by atoms with Crippen molar-refractivity contribution in [2.24, 2.45) is 0 Å². The highest BCUT2D eigenvalue weighted by Crippen LogP contribution is 2.10. The zero-order valence-corrected chi connectivity index (χ0v) is 15.4. The zero-order chi connectivity index (χ0) is 18.9. The number of ether oxygens (including phenoxy) is 1. The van der Waals surface area contributed by atoms with Crippen LogP contribution in [0.25, 0.3) is 0 Å². The fraction of sp³-hybridized carbons (Fsp3) is 0.471. The summed E-state index contributed by atoms with van der Waals surface area (Å²) in [5, 5.41) is 8.21. The van der Waals surface area contributed by atoms with Gasteiger partial charge in [-0.2, -0.15) is 0 Å². The summed E-state index contributed by atoms with van der Waals surface area (Å²) in [4.78, 5) is 34.8. The third-order valence-corrected chi connectivity index (χ3v) is 3.05. The van der Waals surface area contributed by atoms with Crippen molar-refractivity contribution in [2.75, 3.05) is 19.6 Å². The Morgan fingerprint density at radius 1 is 1.04 bits per heavy atom. The molecule has 0 bridgehead atoms. The van der Waals surface area contributed by atoms with Gasteiger partial charge in [-0.15, -0.1) is 0 Å². The van der Waals surface area contributed by atoms with Crippen molar-refractivity contribution in [1.29, 1.82) is 0 Å². The van der Waals surface area contributed by atoms with Crippen LogP contribution in [-0.4, -0.2) is 43.1 Å². The van der Waals surface area contributed by atoms with E-state index in [4.69, 9.17) is 16.3 Å². The van der Waals surface area contributed by atoms with Crippen molar-refractivity contribution in [1.82, 2.24) is 16.0 Å². The normalized spacial score (nSPS) is 10.7. The number of hydrogen-bond acceptors (Lipinski definition) is 4. The minimum absolute atomic E-state index is 0.164. The van der Waals surface area contributed by atoms with E-state index in [9.17, 15) is 14.4 Å². The Balaban J connectivity index is 2.15. The van der Waals surface area contributed by atoms with Gasteiger partial charge in [0, 0.05) is 18.1 Å². The minimum Gasteiger partial charge on any atom is -0.444 e. The van der Waals surface area contributed by atoms with E-state index in [1.54, 1.807) is 39.0 Å². The molecule has 0 saturated heterocycles. The van der Waals surface area contributed by atoms with Gasteiger partial charge < -0.3 is 20.7 Å². The first-order chi connectivity index (χ1) is 11.7. The summed E-state index contributed by atoms with van der Waals surface area (Å²) in [5.41, 5.74) is 0.198. The largest absolute Gasteiger partial charge is 0.444 e. The zero-order valence-electron chi connectivity index (χ0n) is 14.6. The number of carbonyl (C=O) groups excluding carboxylic acids is 3. The van der Waals surface area contributed by atoms with E-state index in [2.05, 4.69) is 16.0 Å². The van der Waals surface area contributed by atoms with Gasteiger partial charge >= 0.3 is 6.09 Å². The summed E-state index contributed by atoms with van der Waals surface area (Å²) in [6.07, 6.45) is -0.438. The molecule has 0 aliphatic heterocycles. The van der Waals surface area contributed by atoms with Gasteiger partial charge in [-0.25, -0.2) is 4.79 Å². The van der Waals surface area contributed by atoms with Crippen LogP contribution in [0.15, 0.2) is 24.3 Å². The molecule has 1 aromatic rings. The van der Waals surface area contributed by atoms with Crippen LogP contribution in [0.2, 0.25) is 5.02 Å². The first kappa shape index (κ1) is 20.8. The summed E-state index contributed by atoms with van der Waals surface area (Å²) >= 11 is 5.86. The average Bonchev–Trinajstić information content (AvgIpc) is 2.48. The molecule has 0 radical (unpaired) electrons. The Kier molecular flexibility index (Phi) is 8.21. The molecule has 0 aliphatic rings. The number of nitrogens with one attached hydrogen (secondary N) is 3. The molecule has 1 rings (SSSR count). The van der Waals surface area contributed by atoms with Gasteiger partial charge in [0.2, 0.25) is 11.8 Å². The van der Waals surface area contributed by atoms with Gasteiger partial charge in [-0.05, 0) is 38.5 Å². The second kappa shape index (κ2) is 9.88. The number of rotatable bonds is 7. The topological polar surface area (TPSA) is 96.5 Å². The van der Waals surface area contributed by atoms with E-state index in [1.807, 2.05) is 6.07 Å². The first-order valence-electron chi connectivity index (χ1n) is 7.90. The molecule has 0 aromatic heterocycles. The average molecular weight is 370 g/mol. The molecule has 0 atom stereocenters. The predicted molar refractivity (Wildman–Crippen MR) is 95.4 cm³/mol. The van der Waals surface area contributed by atoms with Gasteiger partial charge in [0.15, 0.2) is 0 Å². The SMILES string of the molecule is CC(C)(C)OC(=O)NCC(=O)NCCNC(=O)Cc1cccc(Cl)c1. The molecule has 0 aliphatic carbocycles. The predicted octanol–water partition coefficient (Wildman–Crippen LogP) is 1.64. The third-order valence-electron chi connectivity index (χ3n) is 2.82. The number of hydrogen-bond donors (Lipinski definition) is 3. The third kappa shape index (κ3) is 10.2. The van der Waals surface area contributed by atoms with Crippen LogP contribution in [0.4, 0.5) is 4.79 Å². The molecule has 0 saturated carbocycles. The maximum Gasteiger partial charge on any atom is 0.408 e. The van der Waals surface area contributed by atoms with Crippen molar-refractivity contribution in [3.8, 4) is 0 Å². The van der Waals surface area contributed by atoms with Gasteiger partial charge in [-0.3, -0.25) is 9.59 Å². The van der Waals surface area contributed by atoms with Crippen LogP contribution in [0.3, 0.4) is 0 Å². The summed E-state index contributed by atoms with van der Waals surface area (Å²) in [6, 6.07) is 7.06. The first-order valence-corrected chi connectivity index (χ1v) is 8.28. The minimum atomic E-state index is -0.655. The van der Waals surface area contributed by atoms with E-state index in [0.29, 0.717) is 5.02 Å². The van der Waals surface area contributed by atoms with E-state index < -0.39 is 11.7 Å². The van der Waals surface area contributed by atoms with Crippen molar-refractivity contribution >= 4 is 29.5 Å². The Morgan fingerprint density at radius 3 is 2.28 bits per heavy atom. The molecule has 8 heteroatoms. The van der Waals surface area contributed by atoms with Crippen LogP contribution >= 0.6 is 11.6 Å². The Bertz CT molecular complexity index is 614. The molecule has 7 nitrogen and oxygen atoms in total. The fourth-order valence-electron chi connectivity index (χ4n) is 1.83. The quantitative estimate of drug-likeness (QED) is 0.636. The van der Waals surface area contributed by atoms with Crippen molar-refractivity contribution in [3.05, 3.63) is 34.9 Å². The van der Waals surface area contributed by atoms with Gasteiger partial charge in [0.25, 0.3) is 0 Å². The van der Waals surface area contributed by atoms with Gasteiger partial charge in [0.05, 0.1) is 13.0 Å². The number of benzene rings is 1. The van der Waals surface area contributed by atoms with E-state index >= 15 is 0 Å². The molecule has 138 valence electrons. The maximum absolute atomic E-state index is 11.8. The summed E-state index contributed by atoms with van der Waals surface area (Å²) in [7, 11) is 0. The highest BCUT2D eigenvalue weighted by Gasteiger charge is 2.16. The second-order valence-corrected chi connectivity index (χ2v) is 6.80. The molecular weight excluding hydrogens is 346 g/mol. The second-order valence-electron chi connectivity index (χ2n) is 6.36. The van der Waals surface area contributed by atoms with Gasteiger partial charge in [0.1, 0.15) is 5.60 Å². The molecule has 3 amide bonds. The molecule has 0 unspecified atom stereocenters. The molecule has 1 aromatic carbocycles. The van der Waals surface area contributed by atoms with Crippen LogP contribution in [-0.2, 0) is 20.7 Å². The van der Waals surface area contributed by atoms with Crippen LogP contribution in [0, 0.1) is 0 Å². The Labute approximate surface area is 152 Å². The standard InChI is InChI=1S/C17H24ClN3O4/c1-17(2,3)25-16(24)21-11-15(23)20-8-7-19-14(22)10-12-5-4-6-13(18)9-12/h4-6,9H,7-8,10-11H2,1-3H3,(H,19,22)(H,20,23)(H,21,24). The Hall–Kier alpha value is -2.28. The lowest BCUT2D eigenvalue weighted by molar-refractivity contribution is -0.122. The summed E-state index contributed by atoms with van der Waals surface area (Å²) in [6.45, 7) is 5.56.